The summed E-state index contributed by atoms with van der Waals surface area (Å²) in [6, 6.07) is 0. The van der Waals surface area contributed by atoms with Gasteiger partial charge in [-0.25, -0.2) is 0 Å². The normalized spacial score (nSPS) is 27.8. The predicted molar refractivity (Wildman–Crippen MR) is 47.1 cm³/mol. The second kappa shape index (κ2) is 3.24. The van der Waals surface area contributed by atoms with E-state index in [-0.39, 0.29) is 0 Å². The van der Waals surface area contributed by atoms with Crippen molar-refractivity contribution in [2.24, 2.45) is 0 Å². The van der Waals surface area contributed by atoms with E-state index in [2.05, 4.69) is 25.4 Å². The molecule has 0 amide bonds. The zero-order valence-electron chi connectivity index (χ0n) is 4.79. The van der Waals surface area contributed by atoms with E-state index >= 15 is 0 Å². The Morgan fingerprint density at radius 2 is 1.38 bits per heavy atom. The molecule has 1 aliphatic rings. The van der Waals surface area contributed by atoms with Crippen LogP contribution in [0, 0.1) is 0 Å². The molecule has 0 spiro atoms. The average molecular weight is 349 g/mol. The van der Waals surface area contributed by atoms with Gasteiger partial charge in [0, 0.05) is 0 Å². The molecule has 0 unspecified atom stereocenters. The quantitative estimate of drug-likeness (QED) is 0.589. The summed E-state index contributed by atoms with van der Waals surface area (Å²) in [6.45, 7) is 0. The molecule has 0 aromatic heterocycles. The predicted octanol–water partition coefficient (Wildman–Crippen LogP) is 3.40. The Bertz CT molecular complexity index is 74.5. The van der Waals surface area contributed by atoms with Crippen LogP contribution < -0.4 is 0 Å². The summed E-state index contributed by atoms with van der Waals surface area (Å²) in [4.78, 5) is 0. The van der Waals surface area contributed by atoms with Crippen LogP contribution in [0.5, 0.6) is 0 Å². The van der Waals surface area contributed by atoms with Gasteiger partial charge in [-0.15, -0.1) is 0 Å². The first-order chi connectivity index (χ1) is 3.71. The van der Waals surface area contributed by atoms with Crippen molar-refractivity contribution in [2.45, 2.75) is 28.1 Å². The van der Waals surface area contributed by atoms with Crippen molar-refractivity contribution >= 4 is 39.3 Å². The van der Waals surface area contributed by atoms with Crippen molar-refractivity contribution in [1.82, 2.24) is 0 Å². The zero-order valence-corrected chi connectivity index (χ0v) is 10.8. The summed E-state index contributed by atoms with van der Waals surface area (Å²) >= 11 is 6.02. The molecule has 1 heterocycles. The van der Waals surface area contributed by atoms with E-state index in [0.29, 0.717) is 0 Å². The van der Waals surface area contributed by atoms with E-state index in [1.807, 2.05) is 0 Å². The van der Waals surface area contributed by atoms with E-state index in [4.69, 9.17) is 0 Å². The van der Waals surface area contributed by atoms with Crippen molar-refractivity contribution in [1.29, 1.82) is 0 Å². The third-order valence-corrected chi connectivity index (χ3v) is 18.4. The van der Waals surface area contributed by atoms with E-state index in [1.165, 1.54) is 28.1 Å². The standard InChI is InChI=1S/C5H10.2BrH.Sn/c1-3-5-4-2;;;/h1-5H2;2*1H;/q;;;+2/p-2. The number of halogens is 2. The molecule has 1 rings (SSSR count). The Labute approximate surface area is 66.8 Å². The molecule has 0 radical (unpaired) electrons. The van der Waals surface area contributed by atoms with Crippen LogP contribution in [0.3, 0.4) is 0 Å². The Morgan fingerprint density at radius 1 is 0.875 bits per heavy atom. The summed E-state index contributed by atoms with van der Waals surface area (Å²) in [5.41, 5.74) is 0. The Kier molecular flexibility index (Phi) is 3.18. The summed E-state index contributed by atoms with van der Waals surface area (Å²) in [6.07, 6.45) is 4.40. The molecule has 0 aromatic carbocycles. The van der Waals surface area contributed by atoms with Gasteiger partial charge in [0.05, 0.1) is 0 Å². The topological polar surface area (TPSA) is 0 Å². The maximum absolute atomic E-state index is 3.82. The van der Waals surface area contributed by atoms with Gasteiger partial charge < -0.3 is 0 Å². The second-order valence-corrected chi connectivity index (χ2v) is 37.7. The third-order valence-electron chi connectivity index (χ3n) is 1.59. The van der Waals surface area contributed by atoms with Crippen molar-refractivity contribution in [3.8, 4) is 0 Å². The molecule has 0 atom stereocenters. The van der Waals surface area contributed by atoms with E-state index in [1.54, 1.807) is 0 Å². The first kappa shape index (κ1) is 7.86. The summed E-state index contributed by atoms with van der Waals surface area (Å²) in [5, 5.41) is 0. The van der Waals surface area contributed by atoms with Crippen LogP contribution in [-0.2, 0) is 0 Å². The SMILES string of the molecule is [Br][Sn]1([Br])[CH2]CCC[CH2]1. The molecule has 0 bridgehead atoms. The van der Waals surface area contributed by atoms with Gasteiger partial charge >= 0.3 is 67.5 Å². The molecule has 48 valence electrons. The second-order valence-electron chi connectivity index (χ2n) is 2.42. The number of rotatable bonds is 0. The van der Waals surface area contributed by atoms with Crippen LogP contribution in [-0.4, -0.2) is 13.9 Å². The average Bonchev–Trinajstić information content (AvgIpc) is 1.65. The van der Waals surface area contributed by atoms with Crippen molar-refractivity contribution < 1.29 is 0 Å². The Hall–Kier alpha value is 1.76. The monoisotopic (exact) mass is 348 g/mol. The van der Waals surface area contributed by atoms with E-state index in [9.17, 15) is 0 Å². The van der Waals surface area contributed by atoms with Crippen molar-refractivity contribution in [2.75, 3.05) is 0 Å². The molecule has 0 aliphatic carbocycles. The maximum atomic E-state index is 3.82. The van der Waals surface area contributed by atoms with Crippen LogP contribution in [0.15, 0.2) is 0 Å². The van der Waals surface area contributed by atoms with Crippen LogP contribution in [0.1, 0.15) is 19.3 Å². The van der Waals surface area contributed by atoms with Gasteiger partial charge in [-0.3, -0.25) is 0 Å². The van der Waals surface area contributed by atoms with Crippen LogP contribution in [0.25, 0.3) is 0 Å². The van der Waals surface area contributed by atoms with Gasteiger partial charge in [-0.2, -0.15) is 0 Å². The molecular formula is C5H10Br2Sn. The summed E-state index contributed by atoms with van der Waals surface area (Å²) < 4.78 is 2.99. The fourth-order valence-corrected chi connectivity index (χ4v) is 13.7. The van der Waals surface area contributed by atoms with Crippen LogP contribution >= 0.6 is 25.4 Å². The number of hydrogen-bond acceptors (Lipinski definition) is 0. The fourth-order valence-electron chi connectivity index (χ4n) is 1.07. The van der Waals surface area contributed by atoms with Gasteiger partial charge in [-0.05, 0) is 0 Å². The van der Waals surface area contributed by atoms with E-state index in [0.717, 1.165) is 0 Å². The number of hydrogen-bond donors (Lipinski definition) is 0. The molecule has 0 N–H and O–H groups in total. The van der Waals surface area contributed by atoms with E-state index < -0.39 is 13.9 Å². The third kappa shape index (κ3) is 2.56. The Balaban J connectivity index is 2.33. The van der Waals surface area contributed by atoms with Gasteiger partial charge in [0.2, 0.25) is 0 Å². The van der Waals surface area contributed by atoms with Gasteiger partial charge in [0.15, 0.2) is 0 Å². The molecule has 0 saturated carbocycles. The van der Waals surface area contributed by atoms with Crippen molar-refractivity contribution in [3.05, 3.63) is 0 Å². The summed E-state index contributed by atoms with van der Waals surface area (Å²) in [7, 11) is 0. The van der Waals surface area contributed by atoms with Crippen LogP contribution in [0.2, 0.25) is 8.87 Å². The molecule has 8 heavy (non-hydrogen) atoms. The first-order valence-corrected chi connectivity index (χ1v) is 19.9. The molecule has 0 aromatic rings. The molecule has 3 heteroatoms. The Morgan fingerprint density at radius 3 is 1.62 bits per heavy atom. The molecule has 0 nitrogen and oxygen atoms in total. The van der Waals surface area contributed by atoms with Gasteiger partial charge in [0.25, 0.3) is 0 Å². The minimum atomic E-state index is -1.62. The zero-order chi connectivity index (χ0) is 6.04. The fraction of sp³-hybridized carbons (Fsp3) is 1.00. The molecule has 1 aliphatic heterocycles. The molecule has 1 saturated heterocycles. The van der Waals surface area contributed by atoms with Gasteiger partial charge in [0.1, 0.15) is 0 Å². The molecule has 1 fully saturated rings. The molecular weight excluding hydrogens is 339 g/mol. The van der Waals surface area contributed by atoms with Crippen LogP contribution in [0.4, 0.5) is 0 Å². The summed E-state index contributed by atoms with van der Waals surface area (Å²) in [5.74, 6) is 0. The van der Waals surface area contributed by atoms with Crippen molar-refractivity contribution in [3.63, 3.8) is 0 Å². The first-order valence-electron chi connectivity index (χ1n) is 3.09. The van der Waals surface area contributed by atoms with Gasteiger partial charge in [-0.1, -0.05) is 0 Å². The minimum absolute atomic E-state index is 1.46.